The lowest BCUT2D eigenvalue weighted by Gasteiger charge is -2.31. The minimum atomic E-state index is 0.0857. The summed E-state index contributed by atoms with van der Waals surface area (Å²) >= 11 is 6.56. The normalized spacial score (nSPS) is 20.5. The number of amides is 1. The third-order valence-electron chi connectivity index (χ3n) is 6.23. The summed E-state index contributed by atoms with van der Waals surface area (Å²) in [7, 11) is 0. The van der Waals surface area contributed by atoms with Gasteiger partial charge in [-0.15, -0.1) is 0 Å². The Morgan fingerprint density at radius 2 is 1.79 bits per heavy atom. The molecule has 1 heterocycles. The van der Waals surface area contributed by atoms with Gasteiger partial charge in [0.25, 0.3) is 0 Å². The van der Waals surface area contributed by atoms with E-state index in [0.717, 1.165) is 42.2 Å². The summed E-state index contributed by atoms with van der Waals surface area (Å²) < 4.78 is 0. The molecule has 0 spiro atoms. The first-order valence-corrected chi connectivity index (χ1v) is 11.0. The number of halogens is 1. The van der Waals surface area contributed by atoms with Crippen LogP contribution in [0.25, 0.3) is 0 Å². The van der Waals surface area contributed by atoms with E-state index in [9.17, 15) is 4.79 Å². The molecule has 1 saturated carbocycles. The third-order valence-corrected chi connectivity index (χ3v) is 6.58. The van der Waals surface area contributed by atoms with Crippen molar-refractivity contribution in [1.29, 1.82) is 0 Å². The van der Waals surface area contributed by atoms with Gasteiger partial charge in [0.05, 0.1) is 0 Å². The number of carbonyl (C=O) groups excluding carboxylic acids is 1. The largest absolute Gasteiger partial charge is 0.381 e. The summed E-state index contributed by atoms with van der Waals surface area (Å²) in [5, 5.41) is 4.17. The second kappa shape index (κ2) is 9.00. The van der Waals surface area contributed by atoms with Crippen molar-refractivity contribution in [2.24, 2.45) is 5.92 Å². The van der Waals surface area contributed by atoms with Gasteiger partial charge >= 0.3 is 0 Å². The second-order valence-corrected chi connectivity index (χ2v) is 8.57. The molecule has 2 fully saturated rings. The average Bonchev–Trinajstić information content (AvgIpc) is 3.10. The maximum Gasteiger partial charge on any atom is 0.226 e. The molecule has 2 aromatic rings. The molecule has 0 radical (unpaired) electrons. The predicted molar refractivity (Wildman–Crippen MR) is 116 cm³/mol. The molecule has 1 atom stereocenters. The summed E-state index contributed by atoms with van der Waals surface area (Å²) in [5.74, 6) is 0.428. The lowest BCUT2D eigenvalue weighted by atomic mass is 9.94. The Labute approximate surface area is 173 Å². The summed E-state index contributed by atoms with van der Waals surface area (Å²) in [4.78, 5) is 15.1. The lowest BCUT2D eigenvalue weighted by Crippen LogP contribution is -2.39. The van der Waals surface area contributed by atoms with Crippen LogP contribution in [0.15, 0.2) is 48.5 Å². The summed E-state index contributed by atoms with van der Waals surface area (Å²) in [6.45, 7) is 1.69. The molecule has 4 heteroatoms. The second-order valence-electron chi connectivity index (χ2n) is 8.16. The van der Waals surface area contributed by atoms with Crippen LogP contribution in [0.2, 0.25) is 5.02 Å². The van der Waals surface area contributed by atoms with Crippen LogP contribution in [-0.2, 0) is 17.8 Å². The van der Waals surface area contributed by atoms with Crippen molar-refractivity contribution in [2.75, 3.05) is 11.9 Å². The monoisotopic (exact) mass is 396 g/mol. The van der Waals surface area contributed by atoms with E-state index in [0.29, 0.717) is 11.9 Å². The van der Waals surface area contributed by atoms with Crippen LogP contribution in [-0.4, -0.2) is 23.4 Å². The first-order chi connectivity index (χ1) is 13.7. The van der Waals surface area contributed by atoms with Crippen LogP contribution < -0.4 is 5.32 Å². The Balaban J connectivity index is 1.35. The molecule has 1 N–H and O–H groups in total. The first kappa shape index (κ1) is 19.3. The molecule has 1 aliphatic heterocycles. The number of hydrogen-bond acceptors (Lipinski definition) is 2. The molecule has 2 aliphatic rings. The van der Waals surface area contributed by atoms with E-state index in [4.69, 9.17) is 11.6 Å². The zero-order valence-corrected chi connectivity index (χ0v) is 17.1. The highest BCUT2D eigenvalue weighted by atomic mass is 35.5. The zero-order chi connectivity index (χ0) is 19.3. The Kier molecular flexibility index (Phi) is 6.21. The Bertz CT molecular complexity index is 802. The minimum absolute atomic E-state index is 0.0857. The number of nitrogens with one attached hydrogen (secondary N) is 1. The maximum absolute atomic E-state index is 12.9. The fraction of sp³-hybridized carbons (Fsp3) is 0.458. The van der Waals surface area contributed by atoms with E-state index in [-0.39, 0.29) is 5.92 Å². The molecule has 0 bridgehead atoms. The Hall–Kier alpha value is -2.00. The number of carbonyl (C=O) groups is 1. The summed E-state index contributed by atoms with van der Waals surface area (Å²) in [6.07, 6.45) is 7.93. The Morgan fingerprint density at radius 1 is 1.00 bits per heavy atom. The Morgan fingerprint density at radius 3 is 2.54 bits per heavy atom. The summed E-state index contributed by atoms with van der Waals surface area (Å²) in [6, 6.07) is 16.9. The van der Waals surface area contributed by atoms with E-state index < -0.39 is 0 Å². The highest BCUT2D eigenvalue weighted by molar-refractivity contribution is 6.31. The molecule has 1 amide bonds. The molecule has 0 aromatic heterocycles. The number of likely N-dealkylation sites (tertiary alicyclic amines) is 1. The average molecular weight is 397 g/mol. The molecule has 28 heavy (non-hydrogen) atoms. The fourth-order valence-electron chi connectivity index (χ4n) is 4.60. The van der Waals surface area contributed by atoms with Gasteiger partial charge in [-0.3, -0.25) is 4.79 Å². The van der Waals surface area contributed by atoms with E-state index in [2.05, 4.69) is 34.5 Å². The van der Waals surface area contributed by atoms with Gasteiger partial charge in [-0.2, -0.15) is 0 Å². The van der Waals surface area contributed by atoms with Gasteiger partial charge in [-0.25, -0.2) is 0 Å². The smallest absolute Gasteiger partial charge is 0.226 e. The number of rotatable bonds is 6. The van der Waals surface area contributed by atoms with E-state index in [1.54, 1.807) is 0 Å². The first-order valence-electron chi connectivity index (χ1n) is 10.6. The van der Waals surface area contributed by atoms with E-state index in [1.807, 2.05) is 24.3 Å². The van der Waals surface area contributed by atoms with Crippen LogP contribution in [0.3, 0.4) is 0 Å². The molecule has 1 aliphatic carbocycles. The fourth-order valence-corrected chi connectivity index (χ4v) is 4.85. The van der Waals surface area contributed by atoms with Crippen molar-refractivity contribution >= 4 is 23.2 Å². The van der Waals surface area contributed by atoms with Gasteiger partial charge in [-0.1, -0.05) is 67.3 Å². The van der Waals surface area contributed by atoms with Gasteiger partial charge in [0, 0.05) is 35.8 Å². The molecule has 1 unspecified atom stereocenters. The van der Waals surface area contributed by atoms with Crippen LogP contribution in [0.1, 0.15) is 49.7 Å². The molecule has 1 saturated heterocycles. The predicted octanol–water partition coefficient (Wildman–Crippen LogP) is 5.68. The summed E-state index contributed by atoms with van der Waals surface area (Å²) in [5.41, 5.74) is 3.33. The maximum atomic E-state index is 12.9. The molecule has 2 aromatic carbocycles. The topological polar surface area (TPSA) is 32.3 Å². The third kappa shape index (κ3) is 4.52. The van der Waals surface area contributed by atoms with Crippen LogP contribution >= 0.6 is 11.6 Å². The van der Waals surface area contributed by atoms with Gasteiger partial charge in [0.2, 0.25) is 5.91 Å². The highest BCUT2D eigenvalue weighted by Gasteiger charge is 2.36. The van der Waals surface area contributed by atoms with Crippen LogP contribution in [0.4, 0.5) is 5.69 Å². The van der Waals surface area contributed by atoms with Crippen molar-refractivity contribution in [2.45, 2.75) is 57.5 Å². The molecule has 148 valence electrons. The van der Waals surface area contributed by atoms with Crippen molar-refractivity contribution in [3.8, 4) is 0 Å². The van der Waals surface area contributed by atoms with Crippen LogP contribution in [0, 0.1) is 5.92 Å². The number of anilines is 1. The molecular formula is C24H29ClN2O. The van der Waals surface area contributed by atoms with E-state index >= 15 is 0 Å². The van der Waals surface area contributed by atoms with Gasteiger partial charge < -0.3 is 10.2 Å². The quantitative estimate of drug-likeness (QED) is 0.681. The molecular weight excluding hydrogens is 368 g/mol. The standard InChI is InChI=1S/C24H29ClN2O/c25-23-16-21(26-17-18-7-3-1-4-8-18)12-11-19(23)15-20-13-14-27(24(20)28)22-9-5-2-6-10-22/h1,3-4,7-8,11-12,16,20,22,26H,2,5-6,9-10,13-15,17H2. The zero-order valence-electron chi connectivity index (χ0n) is 16.4. The minimum Gasteiger partial charge on any atom is -0.381 e. The van der Waals surface area contributed by atoms with Crippen molar-refractivity contribution in [1.82, 2.24) is 4.90 Å². The van der Waals surface area contributed by atoms with Gasteiger partial charge in [0.15, 0.2) is 0 Å². The highest BCUT2D eigenvalue weighted by Crippen LogP contribution is 2.32. The van der Waals surface area contributed by atoms with Gasteiger partial charge in [0.1, 0.15) is 0 Å². The van der Waals surface area contributed by atoms with Crippen molar-refractivity contribution in [3.63, 3.8) is 0 Å². The molecule has 3 nitrogen and oxygen atoms in total. The number of nitrogens with zero attached hydrogens (tertiary/aromatic N) is 1. The SMILES string of the molecule is O=C1C(Cc2ccc(NCc3ccccc3)cc2Cl)CCN1C1CCCCC1. The van der Waals surface area contributed by atoms with Crippen molar-refractivity contribution < 1.29 is 4.79 Å². The molecule has 4 rings (SSSR count). The van der Waals surface area contributed by atoms with Crippen molar-refractivity contribution in [3.05, 3.63) is 64.7 Å². The van der Waals surface area contributed by atoms with E-state index in [1.165, 1.54) is 37.7 Å². The number of hydrogen-bond donors (Lipinski definition) is 1. The number of benzene rings is 2. The van der Waals surface area contributed by atoms with Crippen LogP contribution in [0.5, 0.6) is 0 Å². The lowest BCUT2D eigenvalue weighted by molar-refractivity contribution is -0.133. The van der Waals surface area contributed by atoms with Gasteiger partial charge in [-0.05, 0) is 48.9 Å².